The third-order valence-corrected chi connectivity index (χ3v) is 8.38. The van der Waals surface area contributed by atoms with Crippen LogP contribution in [0.15, 0.2) is 61.2 Å². The summed E-state index contributed by atoms with van der Waals surface area (Å²) in [5, 5.41) is 3.26. The third kappa shape index (κ3) is 5.52. The standard InChI is InChI=1S/C31H41N3O2/c1-3-19-33-21-27-12-8-13-28(22-33)34(27)30(25-9-7-14-29(20-25)36-2)23-15-17-24(18-16-23)31(35)32-26-10-5-4-6-11-26/h3,7,9,14-18,20,26-28,30H,1,4-6,8,10-13,19,21-22H2,2H3,(H,32,35). The molecule has 0 aromatic heterocycles. The largest absolute Gasteiger partial charge is 0.497 e. The highest BCUT2D eigenvalue weighted by Crippen LogP contribution is 2.40. The lowest BCUT2D eigenvalue weighted by Gasteiger charge is -2.53. The summed E-state index contributed by atoms with van der Waals surface area (Å²) in [5.41, 5.74) is 3.25. The van der Waals surface area contributed by atoms with Gasteiger partial charge in [-0.3, -0.25) is 14.6 Å². The van der Waals surface area contributed by atoms with Crippen molar-refractivity contribution >= 4 is 5.91 Å². The van der Waals surface area contributed by atoms with E-state index in [0.29, 0.717) is 18.1 Å². The first-order valence-electron chi connectivity index (χ1n) is 13.8. The van der Waals surface area contributed by atoms with Crippen molar-refractivity contribution in [2.24, 2.45) is 0 Å². The molecule has 1 N–H and O–H groups in total. The number of rotatable bonds is 8. The van der Waals surface area contributed by atoms with Gasteiger partial charge >= 0.3 is 0 Å². The average molecular weight is 488 g/mol. The molecule has 2 bridgehead atoms. The lowest BCUT2D eigenvalue weighted by molar-refractivity contribution is -0.0250. The molecule has 1 amide bonds. The summed E-state index contributed by atoms with van der Waals surface area (Å²) in [6, 6.07) is 18.4. The van der Waals surface area contributed by atoms with Gasteiger partial charge in [0.2, 0.25) is 0 Å². The molecule has 2 aliphatic heterocycles. The molecule has 3 atom stereocenters. The second-order valence-electron chi connectivity index (χ2n) is 10.8. The summed E-state index contributed by atoms with van der Waals surface area (Å²) in [6.07, 6.45) is 11.7. The van der Waals surface area contributed by atoms with Crippen LogP contribution < -0.4 is 10.1 Å². The number of amides is 1. The fourth-order valence-electron chi connectivity index (χ4n) is 6.66. The monoisotopic (exact) mass is 487 g/mol. The molecule has 5 rings (SSSR count). The van der Waals surface area contributed by atoms with Crippen molar-refractivity contribution in [3.05, 3.63) is 77.9 Å². The van der Waals surface area contributed by atoms with E-state index in [9.17, 15) is 4.79 Å². The predicted octanol–water partition coefficient (Wildman–Crippen LogP) is 5.57. The van der Waals surface area contributed by atoms with Crippen LogP contribution in [0.5, 0.6) is 5.75 Å². The molecule has 2 aromatic rings. The summed E-state index contributed by atoms with van der Waals surface area (Å²) >= 11 is 0. The summed E-state index contributed by atoms with van der Waals surface area (Å²) in [7, 11) is 1.73. The number of carbonyl (C=O) groups excluding carboxylic acids is 1. The summed E-state index contributed by atoms with van der Waals surface area (Å²) < 4.78 is 5.60. The second kappa shape index (κ2) is 11.6. The second-order valence-corrected chi connectivity index (χ2v) is 10.8. The number of nitrogens with one attached hydrogen (secondary N) is 1. The highest BCUT2D eigenvalue weighted by molar-refractivity contribution is 5.94. The molecule has 0 spiro atoms. The normalized spacial score (nSPS) is 24.1. The van der Waals surface area contributed by atoms with Gasteiger partial charge in [-0.1, -0.05) is 56.0 Å². The number of carbonyl (C=O) groups is 1. The fraction of sp³-hybridized carbons (Fsp3) is 0.516. The van der Waals surface area contributed by atoms with Crippen molar-refractivity contribution in [1.82, 2.24) is 15.1 Å². The molecule has 192 valence electrons. The number of methoxy groups -OCH3 is 1. The van der Waals surface area contributed by atoms with Crippen LogP contribution >= 0.6 is 0 Å². The number of likely N-dealkylation sites (tertiary alicyclic amines) is 1. The van der Waals surface area contributed by atoms with Crippen LogP contribution in [0.3, 0.4) is 0 Å². The Hall–Kier alpha value is -2.63. The smallest absolute Gasteiger partial charge is 0.251 e. The Morgan fingerprint density at radius 2 is 1.72 bits per heavy atom. The van der Waals surface area contributed by atoms with E-state index in [1.54, 1.807) is 7.11 Å². The van der Waals surface area contributed by atoms with E-state index < -0.39 is 0 Å². The molecule has 2 saturated heterocycles. The number of piperidine rings is 1. The van der Waals surface area contributed by atoms with Crippen molar-refractivity contribution in [2.45, 2.75) is 75.5 Å². The van der Waals surface area contributed by atoms with Crippen LogP contribution in [0.25, 0.3) is 0 Å². The topological polar surface area (TPSA) is 44.8 Å². The molecule has 1 saturated carbocycles. The van der Waals surface area contributed by atoms with Crippen LogP contribution in [0.2, 0.25) is 0 Å². The number of hydrogen-bond donors (Lipinski definition) is 1. The zero-order chi connectivity index (χ0) is 24.9. The van der Waals surface area contributed by atoms with E-state index in [4.69, 9.17) is 4.74 Å². The molecule has 1 aliphatic carbocycles. The van der Waals surface area contributed by atoms with Gasteiger partial charge in [0.05, 0.1) is 13.2 Å². The third-order valence-electron chi connectivity index (χ3n) is 8.38. The van der Waals surface area contributed by atoms with Crippen LogP contribution in [-0.2, 0) is 0 Å². The summed E-state index contributed by atoms with van der Waals surface area (Å²) in [5.74, 6) is 0.942. The summed E-state index contributed by atoms with van der Waals surface area (Å²) in [4.78, 5) is 18.3. The Balaban J connectivity index is 1.43. The van der Waals surface area contributed by atoms with Crippen molar-refractivity contribution in [2.75, 3.05) is 26.7 Å². The van der Waals surface area contributed by atoms with E-state index in [2.05, 4.69) is 52.0 Å². The van der Waals surface area contributed by atoms with Crippen LogP contribution in [0, 0.1) is 0 Å². The number of piperazine rings is 1. The first-order chi connectivity index (χ1) is 17.7. The number of ether oxygens (including phenoxy) is 1. The first kappa shape index (κ1) is 25.0. The molecule has 5 heteroatoms. The maximum Gasteiger partial charge on any atom is 0.251 e. The number of benzene rings is 2. The van der Waals surface area contributed by atoms with Gasteiger partial charge in [-0.25, -0.2) is 0 Å². The van der Waals surface area contributed by atoms with Gasteiger partial charge in [0.1, 0.15) is 5.75 Å². The maximum atomic E-state index is 13.0. The Bertz CT molecular complexity index is 1020. The van der Waals surface area contributed by atoms with Crippen molar-refractivity contribution in [3.8, 4) is 5.75 Å². The molecule has 5 nitrogen and oxygen atoms in total. The molecular formula is C31H41N3O2. The molecular weight excluding hydrogens is 446 g/mol. The van der Waals surface area contributed by atoms with Gasteiger partial charge in [-0.15, -0.1) is 6.58 Å². The molecule has 0 radical (unpaired) electrons. The molecule has 3 unspecified atom stereocenters. The minimum Gasteiger partial charge on any atom is -0.497 e. The van der Waals surface area contributed by atoms with E-state index in [1.165, 1.54) is 49.7 Å². The van der Waals surface area contributed by atoms with Crippen LogP contribution in [0.4, 0.5) is 0 Å². The highest BCUT2D eigenvalue weighted by Gasteiger charge is 2.41. The Morgan fingerprint density at radius 3 is 2.39 bits per heavy atom. The number of hydrogen-bond acceptors (Lipinski definition) is 4. The van der Waals surface area contributed by atoms with Gasteiger partial charge in [0, 0.05) is 43.3 Å². The van der Waals surface area contributed by atoms with Gasteiger partial charge in [-0.05, 0) is 61.1 Å². The van der Waals surface area contributed by atoms with E-state index in [0.717, 1.165) is 43.8 Å². The zero-order valence-corrected chi connectivity index (χ0v) is 21.7. The van der Waals surface area contributed by atoms with E-state index >= 15 is 0 Å². The molecule has 3 fully saturated rings. The minimum absolute atomic E-state index is 0.0567. The van der Waals surface area contributed by atoms with Crippen molar-refractivity contribution < 1.29 is 9.53 Å². The number of fused-ring (bicyclic) bond motifs is 2. The van der Waals surface area contributed by atoms with Gasteiger partial charge in [0.25, 0.3) is 5.91 Å². The molecule has 3 aliphatic rings. The van der Waals surface area contributed by atoms with Gasteiger partial charge in [-0.2, -0.15) is 0 Å². The van der Waals surface area contributed by atoms with Gasteiger partial charge < -0.3 is 10.1 Å². The Morgan fingerprint density at radius 1 is 1.00 bits per heavy atom. The highest BCUT2D eigenvalue weighted by atomic mass is 16.5. The van der Waals surface area contributed by atoms with Crippen molar-refractivity contribution in [1.29, 1.82) is 0 Å². The van der Waals surface area contributed by atoms with Crippen LogP contribution in [0.1, 0.15) is 78.9 Å². The predicted molar refractivity (Wildman–Crippen MR) is 146 cm³/mol. The zero-order valence-electron chi connectivity index (χ0n) is 21.7. The minimum atomic E-state index is 0.0567. The van der Waals surface area contributed by atoms with Crippen LogP contribution in [-0.4, -0.2) is 60.6 Å². The first-order valence-corrected chi connectivity index (χ1v) is 13.8. The lowest BCUT2D eigenvalue weighted by Crippen LogP contribution is -2.61. The lowest BCUT2D eigenvalue weighted by atomic mass is 9.85. The Labute approximate surface area is 216 Å². The summed E-state index contributed by atoms with van der Waals surface area (Å²) in [6.45, 7) is 7.08. The molecule has 2 aromatic carbocycles. The quantitative estimate of drug-likeness (QED) is 0.495. The Kier molecular flexibility index (Phi) is 8.08. The SMILES string of the molecule is C=CCN1CC2CCCC(C1)N2C(c1ccc(C(=O)NC2CCCCC2)cc1)c1cccc(OC)c1. The van der Waals surface area contributed by atoms with Crippen molar-refractivity contribution in [3.63, 3.8) is 0 Å². The molecule has 2 heterocycles. The average Bonchev–Trinajstić information content (AvgIpc) is 2.90. The van der Waals surface area contributed by atoms with Gasteiger partial charge in [0.15, 0.2) is 0 Å². The van der Waals surface area contributed by atoms with E-state index in [-0.39, 0.29) is 11.9 Å². The number of nitrogens with zero attached hydrogens (tertiary/aromatic N) is 2. The fourth-order valence-corrected chi connectivity index (χ4v) is 6.66. The van der Waals surface area contributed by atoms with E-state index in [1.807, 2.05) is 24.3 Å². The maximum absolute atomic E-state index is 13.0. The molecule has 36 heavy (non-hydrogen) atoms.